The van der Waals surface area contributed by atoms with Crippen LogP contribution in [-0.2, 0) is 4.84 Å². The van der Waals surface area contributed by atoms with Crippen LogP contribution in [0.25, 0.3) is 0 Å². The predicted molar refractivity (Wildman–Crippen MR) is 63.6 cm³/mol. The second-order valence-corrected chi connectivity index (χ2v) is 10.3. The minimum atomic E-state index is -1.26. The van der Waals surface area contributed by atoms with Gasteiger partial charge >= 0.3 is 0 Å². The highest BCUT2D eigenvalue weighted by Gasteiger charge is 2.34. The lowest BCUT2D eigenvalue weighted by Gasteiger charge is -2.21. The Balaban J connectivity index is 2.11. The minimum Gasteiger partial charge on any atom is -0.396 e. The Bertz CT molecular complexity index is 370. The van der Waals surface area contributed by atoms with E-state index in [1.807, 2.05) is 18.2 Å². The van der Waals surface area contributed by atoms with E-state index in [-0.39, 0.29) is 0 Å². The Morgan fingerprint density at radius 3 is 2.67 bits per heavy atom. The molecule has 1 aliphatic heterocycles. The zero-order chi connectivity index (χ0) is 10.9. The number of oxime groups is 1. The van der Waals surface area contributed by atoms with Crippen LogP contribution in [0.5, 0.6) is 0 Å². The van der Waals surface area contributed by atoms with E-state index in [1.54, 1.807) is 6.20 Å². The minimum absolute atomic E-state index is 0.300. The Morgan fingerprint density at radius 1 is 1.33 bits per heavy atom. The largest absolute Gasteiger partial charge is 0.396 e. The highest BCUT2D eigenvalue weighted by Crippen LogP contribution is 2.23. The summed E-state index contributed by atoms with van der Waals surface area (Å²) >= 11 is 0. The summed E-state index contributed by atoms with van der Waals surface area (Å²) in [6.07, 6.45) is 2.70. The first-order valence-corrected chi connectivity index (χ1v) is 8.79. The van der Waals surface area contributed by atoms with Crippen molar-refractivity contribution in [3.63, 3.8) is 0 Å². The van der Waals surface area contributed by atoms with Crippen molar-refractivity contribution in [1.29, 1.82) is 0 Å². The van der Waals surface area contributed by atoms with Gasteiger partial charge in [-0.3, -0.25) is 4.98 Å². The molecule has 80 valence electrons. The van der Waals surface area contributed by atoms with Gasteiger partial charge in [0.1, 0.15) is 11.4 Å². The second kappa shape index (κ2) is 3.77. The topological polar surface area (TPSA) is 34.5 Å². The van der Waals surface area contributed by atoms with Crippen molar-refractivity contribution in [3.05, 3.63) is 30.1 Å². The molecule has 0 bridgehead atoms. The molecule has 0 aliphatic carbocycles. The number of nitrogens with zero attached hydrogens (tertiary/aromatic N) is 2. The van der Waals surface area contributed by atoms with Crippen LogP contribution in [0.4, 0.5) is 0 Å². The summed E-state index contributed by atoms with van der Waals surface area (Å²) < 4.78 is 0. The first-order valence-electron chi connectivity index (χ1n) is 5.21. The van der Waals surface area contributed by atoms with Gasteiger partial charge in [-0.1, -0.05) is 30.9 Å². The van der Waals surface area contributed by atoms with Crippen molar-refractivity contribution in [3.8, 4) is 0 Å². The first kappa shape index (κ1) is 10.4. The van der Waals surface area contributed by atoms with Crippen LogP contribution in [0, 0.1) is 0 Å². The van der Waals surface area contributed by atoms with Crippen molar-refractivity contribution in [1.82, 2.24) is 4.98 Å². The normalized spacial score (nSPS) is 21.0. The lowest BCUT2D eigenvalue weighted by atomic mass is 10.2. The lowest BCUT2D eigenvalue weighted by molar-refractivity contribution is 0.135. The third-order valence-corrected chi connectivity index (χ3v) is 4.84. The van der Waals surface area contributed by atoms with E-state index >= 15 is 0 Å². The van der Waals surface area contributed by atoms with Gasteiger partial charge in [0.2, 0.25) is 0 Å². The molecule has 0 saturated carbocycles. The molecule has 3 nitrogen and oxygen atoms in total. The third kappa shape index (κ3) is 2.26. The molecule has 0 N–H and O–H groups in total. The van der Waals surface area contributed by atoms with Crippen LogP contribution >= 0.6 is 0 Å². The summed E-state index contributed by atoms with van der Waals surface area (Å²) in [5.41, 5.74) is 2.23. The molecule has 1 atom stereocenters. The molecule has 1 unspecified atom stereocenters. The average molecular weight is 220 g/mol. The van der Waals surface area contributed by atoms with E-state index in [4.69, 9.17) is 4.84 Å². The molecule has 1 aromatic rings. The molecule has 0 fully saturated rings. The molecule has 0 amide bonds. The van der Waals surface area contributed by atoms with Crippen LogP contribution in [0.3, 0.4) is 0 Å². The zero-order valence-corrected chi connectivity index (χ0v) is 10.4. The maximum absolute atomic E-state index is 5.49. The van der Waals surface area contributed by atoms with Gasteiger partial charge in [-0.05, 0) is 12.1 Å². The van der Waals surface area contributed by atoms with Gasteiger partial charge in [-0.2, -0.15) is 0 Å². The summed E-state index contributed by atoms with van der Waals surface area (Å²) in [6, 6.07) is 5.87. The summed E-state index contributed by atoms with van der Waals surface area (Å²) in [5.74, 6) is 0. The van der Waals surface area contributed by atoms with Gasteiger partial charge in [0.25, 0.3) is 0 Å². The van der Waals surface area contributed by atoms with E-state index in [0.29, 0.717) is 5.73 Å². The monoisotopic (exact) mass is 220 g/mol. The lowest BCUT2D eigenvalue weighted by Crippen LogP contribution is -2.38. The Labute approximate surface area is 91.2 Å². The molecule has 4 heteroatoms. The average Bonchev–Trinajstić information content (AvgIpc) is 2.67. The highest BCUT2D eigenvalue weighted by atomic mass is 28.3. The van der Waals surface area contributed by atoms with Crippen LogP contribution < -0.4 is 0 Å². The summed E-state index contributed by atoms with van der Waals surface area (Å²) in [7, 11) is -1.26. The Kier molecular flexibility index (Phi) is 2.60. The van der Waals surface area contributed by atoms with Gasteiger partial charge in [0, 0.05) is 12.6 Å². The fourth-order valence-electron chi connectivity index (χ4n) is 1.53. The van der Waals surface area contributed by atoms with Crippen molar-refractivity contribution >= 4 is 13.8 Å². The van der Waals surface area contributed by atoms with Gasteiger partial charge in [0.15, 0.2) is 0 Å². The summed E-state index contributed by atoms with van der Waals surface area (Å²) in [6.45, 7) is 6.90. The van der Waals surface area contributed by atoms with Gasteiger partial charge < -0.3 is 4.84 Å². The van der Waals surface area contributed by atoms with E-state index in [0.717, 1.165) is 17.8 Å². The van der Waals surface area contributed by atoms with Gasteiger partial charge in [-0.25, -0.2) is 0 Å². The fraction of sp³-hybridized carbons (Fsp3) is 0.455. The van der Waals surface area contributed by atoms with Crippen LogP contribution in [0.15, 0.2) is 29.6 Å². The quantitative estimate of drug-likeness (QED) is 0.717. The molecule has 1 aliphatic rings. The summed E-state index contributed by atoms with van der Waals surface area (Å²) in [4.78, 5) is 9.78. The maximum atomic E-state index is 5.49. The predicted octanol–water partition coefficient (Wildman–Crippen LogP) is 2.45. The van der Waals surface area contributed by atoms with E-state index in [9.17, 15) is 0 Å². The number of pyridine rings is 1. The van der Waals surface area contributed by atoms with E-state index in [1.165, 1.54) is 0 Å². The molecule has 2 rings (SSSR count). The molecule has 0 radical (unpaired) electrons. The highest BCUT2D eigenvalue weighted by molar-refractivity contribution is 6.77. The molecule has 0 saturated heterocycles. The molecule has 0 spiro atoms. The van der Waals surface area contributed by atoms with Crippen molar-refractivity contribution in [2.24, 2.45) is 5.16 Å². The van der Waals surface area contributed by atoms with Crippen LogP contribution in [0.2, 0.25) is 19.6 Å². The van der Waals surface area contributed by atoms with Crippen molar-refractivity contribution < 1.29 is 4.84 Å². The molecule has 1 aromatic heterocycles. The molecular weight excluding hydrogens is 204 g/mol. The smallest absolute Gasteiger partial charge is 0.120 e. The second-order valence-electron chi connectivity index (χ2n) is 4.92. The van der Waals surface area contributed by atoms with E-state index in [2.05, 4.69) is 29.8 Å². The molecular formula is C11H16N2OSi. The standard InChI is InChI=1S/C11H16N2OSi/c1-15(2,3)11-8-10(13-14-11)9-6-4-5-7-12-9/h4-7,11H,8H2,1-3H3. The first-order chi connectivity index (χ1) is 7.07. The van der Waals surface area contributed by atoms with Gasteiger partial charge in [0.05, 0.1) is 13.8 Å². The van der Waals surface area contributed by atoms with Crippen LogP contribution in [-0.4, -0.2) is 24.5 Å². The zero-order valence-electron chi connectivity index (χ0n) is 9.40. The fourth-order valence-corrected chi connectivity index (χ4v) is 2.70. The molecule has 2 heterocycles. The molecule has 15 heavy (non-hydrogen) atoms. The van der Waals surface area contributed by atoms with Crippen LogP contribution in [0.1, 0.15) is 12.1 Å². The number of aromatic nitrogens is 1. The number of hydrogen-bond acceptors (Lipinski definition) is 3. The molecule has 0 aromatic carbocycles. The Morgan fingerprint density at radius 2 is 2.13 bits per heavy atom. The summed E-state index contributed by atoms with van der Waals surface area (Å²) in [5, 5.41) is 4.14. The van der Waals surface area contributed by atoms with Crippen molar-refractivity contribution in [2.75, 3.05) is 0 Å². The van der Waals surface area contributed by atoms with E-state index < -0.39 is 8.07 Å². The van der Waals surface area contributed by atoms with Crippen molar-refractivity contribution in [2.45, 2.75) is 31.8 Å². The number of rotatable bonds is 2. The number of hydrogen-bond donors (Lipinski definition) is 0. The SMILES string of the molecule is C[Si](C)(C)C1CC(c2ccccn2)=NO1. The third-order valence-electron chi connectivity index (χ3n) is 2.60. The Hall–Kier alpha value is -1.16. The van der Waals surface area contributed by atoms with Gasteiger partial charge in [-0.15, -0.1) is 0 Å². The maximum Gasteiger partial charge on any atom is 0.120 e.